The van der Waals surface area contributed by atoms with E-state index in [0.717, 1.165) is 18.8 Å². The number of rotatable bonds is 8. The Labute approximate surface area is 118 Å². The van der Waals surface area contributed by atoms with Crippen molar-refractivity contribution in [2.24, 2.45) is 5.92 Å². The van der Waals surface area contributed by atoms with E-state index in [-0.39, 0.29) is 0 Å². The molecule has 1 N–H and O–H groups in total. The first-order valence-electron chi connectivity index (χ1n) is 7.57. The summed E-state index contributed by atoms with van der Waals surface area (Å²) in [5.74, 6) is 0.656. The van der Waals surface area contributed by atoms with E-state index in [0.29, 0.717) is 12.0 Å². The summed E-state index contributed by atoms with van der Waals surface area (Å²) in [6.07, 6.45) is 6.23. The Hall–Kier alpha value is -1.25. The zero-order chi connectivity index (χ0) is 14.3. The molecule has 0 aromatic carbocycles. The monoisotopic (exact) mass is 263 g/mol. The molecule has 0 aliphatic carbocycles. The molecule has 0 spiro atoms. The zero-order valence-corrected chi connectivity index (χ0v) is 13.1. The Morgan fingerprint density at radius 2 is 1.84 bits per heavy atom. The summed E-state index contributed by atoms with van der Waals surface area (Å²) in [7, 11) is 0. The summed E-state index contributed by atoms with van der Waals surface area (Å²) in [4.78, 5) is 6.89. The molecule has 1 aromatic rings. The number of hydrogen-bond acceptors (Lipinski definition) is 3. The summed E-state index contributed by atoms with van der Waals surface area (Å²) in [5.41, 5.74) is 2.35. The highest BCUT2D eigenvalue weighted by Crippen LogP contribution is 2.23. The molecule has 0 aliphatic heterocycles. The van der Waals surface area contributed by atoms with Gasteiger partial charge < -0.3 is 10.2 Å². The second-order valence-electron chi connectivity index (χ2n) is 5.48. The fourth-order valence-corrected chi connectivity index (χ4v) is 2.47. The second kappa shape index (κ2) is 8.03. The third kappa shape index (κ3) is 4.73. The van der Waals surface area contributed by atoms with Crippen molar-refractivity contribution in [2.75, 3.05) is 23.3 Å². The highest BCUT2D eigenvalue weighted by molar-refractivity contribution is 5.56. The van der Waals surface area contributed by atoms with Gasteiger partial charge in [0, 0.05) is 19.1 Å². The number of aromatic nitrogens is 1. The van der Waals surface area contributed by atoms with Crippen LogP contribution in [0, 0.1) is 5.92 Å². The van der Waals surface area contributed by atoms with Crippen molar-refractivity contribution in [1.82, 2.24) is 4.98 Å². The Morgan fingerprint density at radius 3 is 2.37 bits per heavy atom. The van der Waals surface area contributed by atoms with E-state index in [4.69, 9.17) is 0 Å². The van der Waals surface area contributed by atoms with Gasteiger partial charge in [-0.05, 0) is 31.7 Å². The van der Waals surface area contributed by atoms with Gasteiger partial charge in [-0.1, -0.05) is 27.7 Å². The van der Waals surface area contributed by atoms with Crippen LogP contribution in [-0.4, -0.2) is 24.1 Å². The van der Waals surface area contributed by atoms with Gasteiger partial charge in [0.15, 0.2) is 0 Å². The summed E-state index contributed by atoms with van der Waals surface area (Å²) in [5, 5.41) is 3.34. The standard InChI is InChI=1S/C16H29N3/c1-6-15(7-2)19(12-13(4)5)16-9-14(18-8-3)10-17-11-16/h9-11,13,15,18H,6-8,12H2,1-5H3. The van der Waals surface area contributed by atoms with E-state index < -0.39 is 0 Å². The van der Waals surface area contributed by atoms with Crippen molar-refractivity contribution < 1.29 is 0 Å². The Morgan fingerprint density at radius 1 is 1.16 bits per heavy atom. The van der Waals surface area contributed by atoms with E-state index in [1.54, 1.807) is 0 Å². The van der Waals surface area contributed by atoms with Crippen LogP contribution in [0.25, 0.3) is 0 Å². The Bertz CT molecular complexity index is 359. The number of anilines is 2. The van der Waals surface area contributed by atoms with Gasteiger partial charge >= 0.3 is 0 Å². The molecule has 0 amide bonds. The molecular weight excluding hydrogens is 234 g/mol. The highest BCUT2D eigenvalue weighted by Gasteiger charge is 2.17. The van der Waals surface area contributed by atoms with E-state index in [2.05, 4.69) is 55.9 Å². The van der Waals surface area contributed by atoms with Gasteiger partial charge in [-0.15, -0.1) is 0 Å². The molecule has 0 atom stereocenters. The molecule has 0 saturated heterocycles. The fraction of sp³-hybridized carbons (Fsp3) is 0.688. The lowest BCUT2D eigenvalue weighted by molar-refractivity contribution is 0.507. The molecule has 108 valence electrons. The maximum Gasteiger partial charge on any atom is 0.0576 e. The van der Waals surface area contributed by atoms with Gasteiger partial charge in [0.25, 0.3) is 0 Å². The topological polar surface area (TPSA) is 28.2 Å². The SMILES string of the molecule is CCNc1cncc(N(CC(C)C)C(CC)CC)c1. The largest absolute Gasteiger partial charge is 0.384 e. The lowest BCUT2D eigenvalue weighted by atomic mass is 10.1. The molecule has 0 fully saturated rings. The zero-order valence-electron chi connectivity index (χ0n) is 13.1. The Kier molecular flexibility index (Phi) is 6.68. The molecular formula is C16H29N3. The lowest BCUT2D eigenvalue weighted by Gasteiger charge is -2.34. The van der Waals surface area contributed by atoms with Crippen LogP contribution in [0.4, 0.5) is 11.4 Å². The number of nitrogens with one attached hydrogen (secondary N) is 1. The van der Waals surface area contributed by atoms with Crippen molar-refractivity contribution in [1.29, 1.82) is 0 Å². The first kappa shape index (κ1) is 15.8. The van der Waals surface area contributed by atoms with Gasteiger partial charge in [0.1, 0.15) is 0 Å². The number of nitrogens with zero attached hydrogens (tertiary/aromatic N) is 2. The van der Waals surface area contributed by atoms with Crippen LogP contribution < -0.4 is 10.2 Å². The molecule has 3 nitrogen and oxygen atoms in total. The minimum atomic E-state index is 0.598. The van der Waals surface area contributed by atoms with E-state index in [1.165, 1.54) is 18.5 Å². The quantitative estimate of drug-likeness (QED) is 0.763. The summed E-state index contributed by atoms with van der Waals surface area (Å²) < 4.78 is 0. The van der Waals surface area contributed by atoms with E-state index in [1.807, 2.05) is 12.4 Å². The molecule has 1 rings (SSSR count). The van der Waals surface area contributed by atoms with Gasteiger partial charge in [-0.2, -0.15) is 0 Å². The first-order chi connectivity index (χ1) is 9.12. The third-order valence-electron chi connectivity index (χ3n) is 3.38. The van der Waals surface area contributed by atoms with Crippen LogP contribution in [0.1, 0.15) is 47.5 Å². The molecule has 0 radical (unpaired) electrons. The average Bonchev–Trinajstić information content (AvgIpc) is 2.39. The second-order valence-corrected chi connectivity index (χ2v) is 5.48. The lowest BCUT2D eigenvalue weighted by Crippen LogP contribution is -2.37. The molecule has 0 bridgehead atoms. The van der Waals surface area contributed by atoms with Crippen molar-refractivity contribution >= 4 is 11.4 Å². The van der Waals surface area contributed by atoms with Crippen LogP contribution in [0.15, 0.2) is 18.5 Å². The van der Waals surface area contributed by atoms with E-state index >= 15 is 0 Å². The number of pyridine rings is 1. The summed E-state index contributed by atoms with van der Waals surface area (Å²) in [6, 6.07) is 2.82. The molecule has 19 heavy (non-hydrogen) atoms. The molecule has 1 heterocycles. The van der Waals surface area contributed by atoms with Crippen molar-refractivity contribution in [2.45, 2.75) is 53.5 Å². The van der Waals surface area contributed by atoms with E-state index in [9.17, 15) is 0 Å². The van der Waals surface area contributed by atoms with Crippen LogP contribution in [0.3, 0.4) is 0 Å². The molecule has 0 aliphatic rings. The fourth-order valence-electron chi connectivity index (χ4n) is 2.47. The van der Waals surface area contributed by atoms with Gasteiger partial charge in [-0.3, -0.25) is 4.98 Å². The van der Waals surface area contributed by atoms with Crippen LogP contribution in [-0.2, 0) is 0 Å². The van der Waals surface area contributed by atoms with Crippen LogP contribution >= 0.6 is 0 Å². The van der Waals surface area contributed by atoms with Crippen LogP contribution in [0.2, 0.25) is 0 Å². The van der Waals surface area contributed by atoms with Gasteiger partial charge in [0.05, 0.1) is 23.8 Å². The minimum Gasteiger partial charge on any atom is -0.384 e. The predicted octanol–water partition coefficient (Wildman–Crippen LogP) is 4.16. The highest BCUT2D eigenvalue weighted by atomic mass is 15.2. The molecule has 0 saturated carbocycles. The predicted molar refractivity (Wildman–Crippen MR) is 85.0 cm³/mol. The normalized spacial score (nSPS) is 11.1. The molecule has 0 unspecified atom stereocenters. The number of hydrogen-bond donors (Lipinski definition) is 1. The minimum absolute atomic E-state index is 0.598. The van der Waals surface area contributed by atoms with Gasteiger partial charge in [0.2, 0.25) is 0 Å². The van der Waals surface area contributed by atoms with Crippen molar-refractivity contribution in [3.05, 3.63) is 18.5 Å². The van der Waals surface area contributed by atoms with Gasteiger partial charge in [-0.25, -0.2) is 0 Å². The van der Waals surface area contributed by atoms with Crippen molar-refractivity contribution in [3.63, 3.8) is 0 Å². The summed E-state index contributed by atoms with van der Waals surface area (Å²) in [6.45, 7) is 13.2. The van der Waals surface area contributed by atoms with Crippen LogP contribution in [0.5, 0.6) is 0 Å². The molecule has 1 aromatic heterocycles. The summed E-state index contributed by atoms with van der Waals surface area (Å²) >= 11 is 0. The van der Waals surface area contributed by atoms with Crippen molar-refractivity contribution in [3.8, 4) is 0 Å². The average molecular weight is 263 g/mol. The molecule has 3 heteroatoms. The Balaban J connectivity index is 2.98. The smallest absolute Gasteiger partial charge is 0.0576 e. The first-order valence-corrected chi connectivity index (χ1v) is 7.57. The maximum absolute atomic E-state index is 4.38. The maximum atomic E-state index is 4.38. The third-order valence-corrected chi connectivity index (χ3v) is 3.38.